The van der Waals surface area contributed by atoms with Crippen LogP contribution in [-0.2, 0) is 14.3 Å². The molecule has 0 radical (unpaired) electrons. The molecule has 0 saturated carbocycles. The minimum atomic E-state index is -0.905. The molecule has 1 amide bonds. The van der Waals surface area contributed by atoms with Crippen molar-refractivity contribution in [1.82, 2.24) is 0 Å². The first-order chi connectivity index (χ1) is 13.1. The largest absolute Gasteiger partial charge is 0.482 e. The maximum Gasteiger partial charge on any atom is 0.344 e. The first-order valence-electron chi connectivity index (χ1n) is 8.64. The van der Waals surface area contributed by atoms with E-state index in [1.54, 1.807) is 12.1 Å². The minimum absolute atomic E-state index is 0.234. The van der Waals surface area contributed by atoms with E-state index in [0.29, 0.717) is 16.0 Å². The molecule has 0 aliphatic carbocycles. The molecule has 3 rings (SSSR count). The van der Waals surface area contributed by atoms with Gasteiger partial charge in [-0.2, -0.15) is 0 Å². The number of ether oxygens (including phenoxy) is 2. The van der Waals surface area contributed by atoms with Gasteiger partial charge in [0.05, 0.1) is 4.58 Å². The number of para-hydroxylation sites is 2. The quantitative estimate of drug-likeness (QED) is 0.702. The summed E-state index contributed by atoms with van der Waals surface area (Å²) in [6.45, 7) is 1.30. The van der Waals surface area contributed by atoms with Crippen molar-refractivity contribution in [2.24, 2.45) is 0 Å². The van der Waals surface area contributed by atoms with Gasteiger partial charge in [0, 0.05) is 22.8 Å². The van der Waals surface area contributed by atoms with Gasteiger partial charge < -0.3 is 14.8 Å². The number of hydrogen-bond donors (Lipinski definition) is 1. The number of nitrogens with one attached hydrogen (secondary N) is 1. The van der Waals surface area contributed by atoms with Gasteiger partial charge in [-0.3, -0.25) is 4.79 Å². The Morgan fingerprint density at radius 2 is 1.74 bits per heavy atom. The summed E-state index contributed by atoms with van der Waals surface area (Å²) in [5.74, 6) is 1.95. The lowest BCUT2D eigenvalue weighted by atomic mass is 10.2. The topological polar surface area (TPSA) is 64.6 Å². The highest BCUT2D eigenvalue weighted by Gasteiger charge is 2.23. The Balaban J connectivity index is 1.50. The first-order valence-corrected chi connectivity index (χ1v) is 10.7. The summed E-state index contributed by atoms with van der Waals surface area (Å²) in [4.78, 5) is 24.2. The van der Waals surface area contributed by atoms with E-state index >= 15 is 0 Å². The number of benzene rings is 2. The van der Waals surface area contributed by atoms with Crippen LogP contribution in [0.1, 0.15) is 17.1 Å². The number of rotatable bonds is 7. The van der Waals surface area contributed by atoms with Gasteiger partial charge in [0.1, 0.15) is 5.75 Å². The Labute approximate surface area is 167 Å². The molecule has 1 aliphatic rings. The third kappa shape index (κ3) is 5.68. The number of esters is 1. The highest BCUT2D eigenvalue weighted by atomic mass is 32.2. The van der Waals surface area contributed by atoms with Crippen LogP contribution < -0.4 is 10.1 Å². The standard InChI is InChI=1S/C20H21NO4S2/c1-14(19(23)21-15-7-3-2-4-8-15)25-18(22)13-24-17-10-6-5-9-16(17)20-26-11-12-27-20/h2-10,14,20H,11-13H2,1H3,(H,21,23)/t14-/m1/s1. The zero-order valence-corrected chi connectivity index (χ0v) is 16.6. The van der Waals surface area contributed by atoms with Crippen LogP contribution in [0.5, 0.6) is 5.75 Å². The molecule has 0 unspecified atom stereocenters. The lowest BCUT2D eigenvalue weighted by molar-refractivity contribution is -0.155. The second kappa shape index (κ2) is 9.71. The molecule has 1 aliphatic heterocycles. The summed E-state index contributed by atoms with van der Waals surface area (Å²) >= 11 is 3.75. The van der Waals surface area contributed by atoms with Crippen molar-refractivity contribution in [3.8, 4) is 5.75 Å². The average Bonchev–Trinajstić information content (AvgIpc) is 3.22. The molecule has 27 heavy (non-hydrogen) atoms. The number of anilines is 1. The van der Waals surface area contributed by atoms with E-state index in [1.165, 1.54) is 6.92 Å². The van der Waals surface area contributed by atoms with Crippen LogP contribution in [0.25, 0.3) is 0 Å². The van der Waals surface area contributed by atoms with Gasteiger partial charge in [0.15, 0.2) is 12.7 Å². The van der Waals surface area contributed by atoms with E-state index in [9.17, 15) is 9.59 Å². The molecule has 0 aromatic heterocycles. The van der Waals surface area contributed by atoms with E-state index in [-0.39, 0.29) is 12.5 Å². The molecular formula is C20H21NO4S2. The molecule has 5 nitrogen and oxygen atoms in total. The summed E-state index contributed by atoms with van der Waals surface area (Å²) in [5, 5.41) is 2.70. The molecule has 0 bridgehead atoms. The third-order valence-corrected chi connectivity index (χ3v) is 6.93. The fraction of sp³-hybridized carbons (Fsp3) is 0.300. The Morgan fingerprint density at radius 3 is 2.48 bits per heavy atom. The van der Waals surface area contributed by atoms with E-state index in [2.05, 4.69) is 5.32 Å². The summed E-state index contributed by atoms with van der Waals surface area (Å²) in [6, 6.07) is 16.8. The Kier molecular flexibility index (Phi) is 7.06. The third-order valence-electron chi connectivity index (χ3n) is 3.86. The summed E-state index contributed by atoms with van der Waals surface area (Å²) in [5.41, 5.74) is 1.73. The van der Waals surface area contributed by atoms with Gasteiger partial charge >= 0.3 is 5.97 Å². The van der Waals surface area contributed by atoms with Crippen LogP contribution in [0.3, 0.4) is 0 Å². The van der Waals surface area contributed by atoms with Crippen LogP contribution in [-0.4, -0.2) is 36.1 Å². The van der Waals surface area contributed by atoms with Crippen molar-refractivity contribution in [2.45, 2.75) is 17.6 Å². The van der Waals surface area contributed by atoms with Gasteiger partial charge in [-0.25, -0.2) is 4.79 Å². The fourth-order valence-corrected chi connectivity index (χ4v) is 5.44. The molecule has 7 heteroatoms. The van der Waals surface area contributed by atoms with Gasteiger partial charge in [-0.1, -0.05) is 36.4 Å². The van der Waals surface area contributed by atoms with Crippen LogP contribution in [0.4, 0.5) is 5.69 Å². The zero-order chi connectivity index (χ0) is 19.1. The lowest BCUT2D eigenvalue weighted by Crippen LogP contribution is -2.31. The van der Waals surface area contributed by atoms with Crippen LogP contribution in [0.15, 0.2) is 54.6 Å². The van der Waals surface area contributed by atoms with E-state index in [4.69, 9.17) is 9.47 Å². The zero-order valence-electron chi connectivity index (χ0n) is 14.9. The monoisotopic (exact) mass is 403 g/mol. The molecule has 2 aromatic rings. The van der Waals surface area contributed by atoms with Crippen molar-refractivity contribution in [2.75, 3.05) is 23.4 Å². The molecule has 142 valence electrons. The number of amides is 1. The molecule has 1 saturated heterocycles. The van der Waals surface area contributed by atoms with Crippen molar-refractivity contribution < 1.29 is 19.1 Å². The van der Waals surface area contributed by atoms with E-state index in [0.717, 1.165) is 17.1 Å². The average molecular weight is 404 g/mol. The molecular weight excluding hydrogens is 382 g/mol. The number of thioether (sulfide) groups is 2. The molecule has 1 fully saturated rings. The van der Waals surface area contributed by atoms with E-state index < -0.39 is 12.1 Å². The SMILES string of the molecule is C[C@@H](OC(=O)COc1ccccc1C1SCCS1)C(=O)Nc1ccccc1. The normalized spacial score (nSPS) is 15.1. The van der Waals surface area contributed by atoms with Crippen molar-refractivity contribution in [3.63, 3.8) is 0 Å². The van der Waals surface area contributed by atoms with Gasteiger partial charge in [-0.15, -0.1) is 23.5 Å². The molecule has 0 spiro atoms. The smallest absolute Gasteiger partial charge is 0.344 e. The lowest BCUT2D eigenvalue weighted by Gasteiger charge is -2.16. The molecule has 1 N–H and O–H groups in total. The number of carbonyl (C=O) groups excluding carboxylic acids is 2. The highest BCUT2D eigenvalue weighted by Crippen LogP contribution is 2.48. The van der Waals surface area contributed by atoms with Gasteiger partial charge in [-0.05, 0) is 25.1 Å². The number of carbonyl (C=O) groups is 2. The van der Waals surface area contributed by atoms with Crippen LogP contribution in [0, 0.1) is 0 Å². The Morgan fingerprint density at radius 1 is 1.07 bits per heavy atom. The second-order valence-electron chi connectivity index (χ2n) is 5.89. The molecule has 2 aromatic carbocycles. The summed E-state index contributed by atoms with van der Waals surface area (Å²) < 4.78 is 11.2. The number of hydrogen-bond acceptors (Lipinski definition) is 6. The fourth-order valence-electron chi connectivity index (χ4n) is 2.53. The maximum atomic E-state index is 12.1. The van der Waals surface area contributed by atoms with Gasteiger partial charge in [0.2, 0.25) is 0 Å². The predicted molar refractivity (Wildman–Crippen MR) is 110 cm³/mol. The van der Waals surface area contributed by atoms with Crippen molar-refractivity contribution in [3.05, 3.63) is 60.2 Å². The van der Waals surface area contributed by atoms with Crippen molar-refractivity contribution in [1.29, 1.82) is 0 Å². The van der Waals surface area contributed by atoms with Crippen molar-refractivity contribution >= 4 is 41.1 Å². The Bertz CT molecular complexity index is 779. The maximum absolute atomic E-state index is 12.1. The highest BCUT2D eigenvalue weighted by molar-refractivity contribution is 8.19. The molecule has 1 heterocycles. The summed E-state index contributed by atoms with van der Waals surface area (Å²) in [7, 11) is 0. The predicted octanol–water partition coefficient (Wildman–Crippen LogP) is 4.11. The Hall–Kier alpha value is -2.12. The minimum Gasteiger partial charge on any atom is -0.482 e. The van der Waals surface area contributed by atoms with Crippen LogP contribution in [0.2, 0.25) is 0 Å². The van der Waals surface area contributed by atoms with Crippen LogP contribution >= 0.6 is 23.5 Å². The first kappa shape index (κ1) is 19.6. The molecule has 1 atom stereocenters. The van der Waals surface area contributed by atoms with Gasteiger partial charge in [0.25, 0.3) is 5.91 Å². The summed E-state index contributed by atoms with van der Waals surface area (Å²) in [6.07, 6.45) is -0.905. The second-order valence-corrected chi connectivity index (χ2v) is 8.61. The van der Waals surface area contributed by atoms with E-state index in [1.807, 2.05) is 66.0 Å².